The van der Waals surface area contributed by atoms with E-state index in [1.807, 2.05) is 20.8 Å². The average molecular weight is 456 g/mol. The van der Waals surface area contributed by atoms with E-state index in [1.54, 1.807) is 12.1 Å². The smallest absolute Gasteiger partial charge is 0.241 e. The van der Waals surface area contributed by atoms with Crippen LogP contribution in [0.25, 0.3) is 0 Å². The molecule has 0 bridgehead atoms. The van der Waals surface area contributed by atoms with Crippen molar-refractivity contribution in [2.24, 2.45) is 5.92 Å². The first kappa shape index (κ1) is 24.7. The van der Waals surface area contributed by atoms with Crippen molar-refractivity contribution < 1.29 is 22.7 Å². The van der Waals surface area contributed by atoms with Crippen molar-refractivity contribution in [3.05, 3.63) is 35.4 Å². The van der Waals surface area contributed by atoms with Gasteiger partial charge in [0.05, 0.1) is 26.0 Å². The fraction of sp³-hybridized carbons (Fsp3) is 0.550. The monoisotopic (exact) mass is 455 g/mol. The van der Waals surface area contributed by atoms with Gasteiger partial charge in [-0.2, -0.15) is 15.0 Å². The van der Waals surface area contributed by atoms with Gasteiger partial charge in [-0.05, 0) is 36.0 Å². The predicted molar refractivity (Wildman–Crippen MR) is 117 cm³/mol. The number of hydrogen-bond donors (Lipinski definition) is 3. The normalized spacial score (nSPS) is 13.7. The van der Waals surface area contributed by atoms with Gasteiger partial charge in [-0.25, -0.2) is 12.8 Å². The summed E-state index contributed by atoms with van der Waals surface area (Å²) in [5.41, 5.74) is 0.721. The molecule has 0 aliphatic carbocycles. The molecule has 31 heavy (non-hydrogen) atoms. The lowest BCUT2D eigenvalue weighted by Gasteiger charge is -2.19. The quantitative estimate of drug-likeness (QED) is 0.472. The Morgan fingerprint density at radius 1 is 1.16 bits per heavy atom. The van der Waals surface area contributed by atoms with Gasteiger partial charge in [0.2, 0.25) is 21.9 Å². The summed E-state index contributed by atoms with van der Waals surface area (Å²) in [7, 11) is -2.20. The number of anilines is 2. The molecule has 0 aliphatic rings. The molecular formula is C20H30FN5O4S. The maximum Gasteiger partial charge on any atom is 0.241 e. The zero-order chi connectivity index (χ0) is 23.2. The minimum absolute atomic E-state index is 0.121. The minimum atomic E-state index is -3.60. The minimum Gasteiger partial charge on any atom is -0.494 e. The summed E-state index contributed by atoms with van der Waals surface area (Å²) in [6.07, 6.45) is 1.99. The number of ether oxygens (including phenoxy) is 1. The first-order valence-electron chi connectivity index (χ1n) is 9.94. The Bertz CT molecular complexity index is 988. The van der Waals surface area contributed by atoms with Crippen molar-refractivity contribution in [3.8, 4) is 5.75 Å². The summed E-state index contributed by atoms with van der Waals surface area (Å²) in [5, 5.41) is 12.7. The summed E-state index contributed by atoms with van der Waals surface area (Å²) in [5.74, 6) is 0.212. The van der Waals surface area contributed by atoms with Crippen molar-refractivity contribution in [3.63, 3.8) is 0 Å². The van der Waals surface area contributed by atoms with Gasteiger partial charge in [0, 0.05) is 6.42 Å². The highest BCUT2D eigenvalue weighted by molar-refractivity contribution is 7.91. The van der Waals surface area contributed by atoms with E-state index in [2.05, 4.69) is 25.0 Å². The number of nitrogens with zero attached hydrogens (tertiary/aromatic N) is 3. The second-order valence-electron chi connectivity index (χ2n) is 7.93. The number of aromatic nitrogens is 3. The molecule has 11 heteroatoms. The maximum atomic E-state index is 14.1. The molecule has 0 amide bonds. The SMILES string of the molecule is COc1ccc([C@H](C)Cc2nc(N[C@@H](CO)CC(C)C)nc(NS(C)(=O)=O)n2)cc1F. The molecule has 1 heterocycles. The molecule has 1 aromatic heterocycles. The zero-order valence-corrected chi connectivity index (χ0v) is 19.2. The molecule has 0 saturated heterocycles. The van der Waals surface area contributed by atoms with E-state index in [0.717, 1.165) is 11.8 Å². The Kier molecular flexibility index (Phi) is 8.52. The number of benzene rings is 1. The molecule has 172 valence electrons. The predicted octanol–water partition coefficient (Wildman–Crippen LogP) is 2.56. The molecule has 2 rings (SSSR count). The first-order valence-corrected chi connectivity index (χ1v) is 11.8. The van der Waals surface area contributed by atoms with Crippen molar-refractivity contribution >= 4 is 21.9 Å². The molecule has 9 nitrogen and oxygen atoms in total. The van der Waals surface area contributed by atoms with Crippen LogP contribution in [0.4, 0.5) is 16.3 Å². The van der Waals surface area contributed by atoms with Crippen LogP contribution in [0.1, 0.15) is 44.5 Å². The zero-order valence-electron chi connectivity index (χ0n) is 18.4. The van der Waals surface area contributed by atoms with Crippen molar-refractivity contribution in [2.75, 3.05) is 30.0 Å². The third-order valence-electron chi connectivity index (χ3n) is 4.50. The molecule has 1 aromatic carbocycles. The summed E-state index contributed by atoms with van der Waals surface area (Å²) in [6, 6.07) is 4.40. The summed E-state index contributed by atoms with van der Waals surface area (Å²) in [6.45, 7) is 5.80. The summed E-state index contributed by atoms with van der Waals surface area (Å²) in [4.78, 5) is 12.7. The second-order valence-corrected chi connectivity index (χ2v) is 9.67. The van der Waals surface area contributed by atoms with Gasteiger partial charge < -0.3 is 15.2 Å². The van der Waals surface area contributed by atoms with E-state index < -0.39 is 15.8 Å². The van der Waals surface area contributed by atoms with Crippen molar-refractivity contribution in [1.29, 1.82) is 0 Å². The van der Waals surface area contributed by atoms with E-state index in [0.29, 0.717) is 24.6 Å². The number of methoxy groups -OCH3 is 1. The molecule has 0 spiro atoms. The average Bonchev–Trinajstić information content (AvgIpc) is 2.65. The third-order valence-corrected chi connectivity index (χ3v) is 5.05. The van der Waals surface area contributed by atoms with Crippen LogP contribution >= 0.6 is 0 Å². The maximum absolute atomic E-state index is 14.1. The molecular weight excluding hydrogens is 425 g/mol. The lowest BCUT2D eigenvalue weighted by atomic mass is 9.97. The van der Waals surface area contributed by atoms with Crippen LogP contribution in [0, 0.1) is 11.7 Å². The fourth-order valence-corrected chi connectivity index (χ4v) is 3.52. The van der Waals surface area contributed by atoms with Gasteiger partial charge >= 0.3 is 0 Å². The molecule has 0 aliphatic heterocycles. The lowest BCUT2D eigenvalue weighted by molar-refractivity contribution is 0.259. The molecule has 3 N–H and O–H groups in total. The molecule has 2 aromatic rings. The van der Waals surface area contributed by atoms with E-state index in [1.165, 1.54) is 13.2 Å². The Balaban J connectivity index is 2.31. The van der Waals surface area contributed by atoms with E-state index >= 15 is 0 Å². The van der Waals surface area contributed by atoms with Crippen LogP contribution in [0.5, 0.6) is 5.75 Å². The molecule has 2 atom stereocenters. The van der Waals surface area contributed by atoms with Crippen LogP contribution in [0.15, 0.2) is 18.2 Å². The van der Waals surface area contributed by atoms with Gasteiger partial charge in [0.1, 0.15) is 5.82 Å². The number of nitrogens with one attached hydrogen (secondary N) is 2. The topological polar surface area (TPSA) is 126 Å². The number of hydrogen-bond acceptors (Lipinski definition) is 8. The summed E-state index contributed by atoms with van der Waals surface area (Å²) < 4.78 is 44.6. The van der Waals surface area contributed by atoms with E-state index in [9.17, 15) is 17.9 Å². The van der Waals surface area contributed by atoms with Gasteiger partial charge in [-0.15, -0.1) is 0 Å². The molecule has 0 saturated carbocycles. The highest BCUT2D eigenvalue weighted by Crippen LogP contribution is 2.25. The van der Waals surface area contributed by atoms with Crippen LogP contribution < -0.4 is 14.8 Å². The number of halogens is 1. The Hall–Kier alpha value is -2.53. The second kappa shape index (κ2) is 10.7. The largest absolute Gasteiger partial charge is 0.494 e. The van der Waals surface area contributed by atoms with Gasteiger partial charge in [0.25, 0.3) is 0 Å². The third kappa shape index (κ3) is 7.91. The number of sulfonamides is 1. The van der Waals surface area contributed by atoms with Crippen LogP contribution in [0.2, 0.25) is 0 Å². The number of aliphatic hydroxyl groups is 1. The molecule has 0 fully saturated rings. The van der Waals surface area contributed by atoms with Crippen LogP contribution in [-0.4, -0.2) is 54.5 Å². The summed E-state index contributed by atoms with van der Waals surface area (Å²) >= 11 is 0. The van der Waals surface area contributed by atoms with Gasteiger partial charge in [0.15, 0.2) is 11.6 Å². The first-order chi connectivity index (χ1) is 14.5. The van der Waals surface area contributed by atoms with Crippen molar-refractivity contribution in [2.45, 2.75) is 45.6 Å². The highest BCUT2D eigenvalue weighted by Gasteiger charge is 2.17. The molecule has 0 radical (unpaired) electrons. The molecule has 0 unspecified atom stereocenters. The van der Waals surface area contributed by atoms with E-state index in [4.69, 9.17) is 4.74 Å². The van der Waals surface area contributed by atoms with Crippen LogP contribution in [0.3, 0.4) is 0 Å². The number of rotatable bonds is 11. The Labute approximate surface area is 182 Å². The lowest BCUT2D eigenvalue weighted by Crippen LogP contribution is -2.27. The standard InChI is InChI=1S/C20H30FN5O4S/c1-12(2)8-15(11-27)22-19-23-18(24-20(25-19)26-31(5,28)29)9-13(3)14-6-7-17(30-4)16(21)10-14/h6-7,10,12-13,15,27H,8-9,11H2,1-5H3,(H2,22,23,24,25,26)/t13-,15-/m1/s1. The van der Waals surface area contributed by atoms with Gasteiger partial charge in [-0.1, -0.05) is 26.8 Å². The van der Waals surface area contributed by atoms with Crippen LogP contribution in [-0.2, 0) is 16.4 Å². The number of aliphatic hydroxyl groups excluding tert-OH is 1. The van der Waals surface area contributed by atoms with Crippen molar-refractivity contribution in [1.82, 2.24) is 15.0 Å². The Morgan fingerprint density at radius 3 is 2.39 bits per heavy atom. The fourth-order valence-electron chi connectivity index (χ4n) is 3.10. The van der Waals surface area contributed by atoms with Gasteiger partial charge in [-0.3, -0.25) is 4.72 Å². The van der Waals surface area contributed by atoms with E-state index in [-0.39, 0.29) is 36.2 Å². The Morgan fingerprint density at radius 2 is 1.84 bits per heavy atom. The highest BCUT2D eigenvalue weighted by atomic mass is 32.2.